The van der Waals surface area contributed by atoms with Crippen molar-refractivity contribution >= 4 is 0 Å². The number of aryl methyl sites for hydroxylation is 1. The van der Waals surface area contributed by atoms with Gasteiger partial charge in [-0.1, -0.05) is 38.3 Å². The number of fused-ring (bicyclic) bond motifs is 3. The highest BCUT2D eigenvalue weighted by Gasteiger charge is 2.53. The molecule has 0 unspecified atom stereocenters. The van der Waals surface area contributed by atoms with Gasteiger partial charge < -0.3 is 14.2 Å². The van der Waals surface area contributed by atoms with E-state index in [0.29, 0.717) is 30.9 Å². The predicted molar refractivity (Wildman–Crippen MR) is 77.2 cm³/mol. The van der Waals surface area contributed by atoms with Gasteiger partial charge in [-0.15, -0.1) is 0 Å². The maximum absolute atomic E-state index is 13.8. The minimum Gasteiger partial charge on any atom is -0.323 e. The molecule has 0 atom stereocenters. The van der Waals surface area contributed by atoms with Crippen molar-refractivity contribution in [2.45, 2.75) is 45.5 Å². The molecular weight excluding hydrogens is 271 g/mol. The largest absolute Gasteiger partial charge is 0.323 e. The van der Waals surface area contributed by atoms with E-state index < -0.39 is 5.97 Å². The van der Waals surface area contributed by atoms with Crippen LogP contribution in [0.5, 0.6) is 0 Å². The highest BCUT2D eigenvalue weighted by Crippen LogP contribution is 2.46. The molecule has 3 fully saturated rings. The minimum absolute atomic E-state index is 0.0276. The maximum Gasteiger partial charge on any atom is 0.312 e. The maximum atomic E-state index is 13.8. The van der Waals surface area contributed by atoms with Gasteiger partial charge in [0.2, 0.25) is 0 Å². The van der Waals surface area contributed by atoms with Crippen LogP contribution in [0.2, 0.25) is 0 Å². The normalized spacial score (nSPS) is 31.6. The summed E-state index contributed by atoms with van der Waals surface area (Å²) >= 11 is 0. The van der Waals surface area contributed by atoms with Gasteiger partial charge in [-0.05, 0) is 25.0 Å². The first-order valence-corrected chi connectivity index (χ1v) is 7.78. The molecule has 1 aromatic carbocycles. The van der Waals surface area contributed by atoms with Crippen LogP contribution in [0.3, 0.4) is 0 Å². The van der Waals surface area contributed by atoms with E-state index in [9.17, 15) is 4.39 Å². The van der Waals surface area contributed by atoms with E-state index in [2.05, 4.69) is 6.92 Å². The Labute approximate surface area is 125 Å². The number of unbranched alkanes of at least 4 members (excludes halogenated alkanes) is 2. The molecule has 3 aliphatic heterocycles. The molecule has 4 rings (SSSR count). The standard InChI is InChI=1S/C17H23FO3/c1-3-4-5-8-16-10-19-17(20-11-16,21-12-16)14-7-6-13(2)15(18)9-14/h6-7,9H,3-5,8,10-12H2,1-2H3. The number of halogens is 1. The molecule has 3 aliphatic rings. The van der Waals surface area contributed by atoms with E-state index in [1.807, 2.05) is 6.07 Å². The Hall–Kier alpha value is -0.970. The molecule has 3 nitrogen and oxygen atoms in total. The summed E-state index contributed by atoms with van der Waals surface area (Å²) in [6.45, 7) is 5.78. The SMILES string of the molecule is CCCCCC12COC(c3ccc(C)c(F)c3)(OC1)OC2. The van der Waals surface area contributed by atoms with Gasteiger partial charge in [-0.3, -0.25) is 0 Å². The Kier molecular flexibility index (Phi) is 4.04. The molecule has 21 heavy (non-hydrogen) atoms. The molecule has 3 saturated heterocycles. The van der Waals surface area contributed by atoms with Crippen LogP contribution in [0.15, 0.2) is 18.2 Å². The van der Waals surface area contributed by atoms with Gasteiger partial charge in [-0.2, -0.15) is 0 Å². The molecule has 0 spiro atoms. The fraction of sp³-hybridized carbons (Fsp3) is 0.647. The molecule has 4 heteroatoms. The first kappa shape index (κ1) is 14.9. The zero-order valence-corrected chi connectivity index (χ0v) is 12.8. The molecule has 1 aromatic rings. The molecule has 2 bridgehead atoms. The highest BCUT2D eigenvalue weighted by molar-refractivity contribution is 5.26. The van der Waals surface area contributed by atoms with Crippen LogP contribution in [0.4, 0.5) is 4.39 Å². The fourth-order valence-corrected chi connectivity index (χ4v) is 2.99. The van der Waals surface area contributed by atoms with Gasteiger partial charge in [0.05, 0.1) is 19.8 Å². The Bertz CT molecular complexity index is 490. The third-order valence-corrected chi connectivity index (χ3v) is 4.54. The average molecular weight is 294 g/mol. The second-order valence-corrected chi connectivity index (χ2v) is 6.34. The van der Waals surface area contributed by atoms with Gasteiger partial charge in [0, 0.05) is 11.0 Å². The Morgan fingerprint density at radius 3 is 2.33 bits per heavy atom. The molecule has 0 saturated carbocycles. The van der Waals surface area contributed by atoms with Crippen molar-refractivity contribution in [1.82, 2.24) is 0 Å². The van der Waals surface area contributed by atoms with Gasteiger partial charge in [0.1, 0.15) is 5.82 Å². The molecule has 116 valence electrons. The van der Waals surface area contributed by atoms with Gasteiger partial charge in [-0.25, -0.2) is 4.39 Å². The van der Waals surface area contributed by atoms with Crippen molar-refractivity contribution in [2.75, 3.05) is 19.8 Å². The fourth-order valence-electron chi connectivity index (χ4n) is 2.99. The molecule has 0 amide bonds. The van der Waals surface area contributed by atoms with Crippen molar-refractivity contribution in [3.8, 4) is 0 Å². The van der Waals surface area contributed by atoms with Crippen molar-refractivity contribution in [3.63, 3.8) is 0 Å². The third-order valence-electron chi connectivity index (χ3n) is 4.54. The van der Waals surface area contributed by atoms with Gasteiger partial charge in [0.15, 0.2) is 0 Å². The second kappa shape index (κ2) is 5.67. The van der Waals surface area contributed by atoms with E-state index in [1.165, 1.54) is 25.3 Å². The summed E-state index contributed by atoms with van der Waals surface area (Å²) in [5.74, 6) is -1.47. The third kappa shape index (κ3) is 2.72. The Morgan fingerprint density at radius 1 is 1.10 bits per heavy atom. The summed E-state index contributed by atoms with van der Waals surface area (Å²) in [5, 5.41) is 0. The minimum atomic E-state index is -1.21. The zero-order chi connectivity index (χ0) is 14.9. The zero-order valence-electron chi connectivity index (χ0n) is 12.8. The summed E-state index contributed by atoms with van der Waals surface area (Å²) in [6.07, 6.45) is 4.64. The Morgan fingerprint density at radius 2 is 1.76 bits per heavy atom. The van der Waals surface area contributed by atoms with E-state index in [1.54, 1.807) is 13.0 Å². The lowest BCUT2D eigenvalue weighted by Gasteiger charge is -2.52. The highest BCUT2D eigenvalue weighted by atomic mass is 19.1. The van der Waals surface area contributed by atoms with Crippen molar-refractivity contribution in [2.24, 2.45) is 5.41 Å². The number of rotatable bonds is 5. The number of hydrogen-bond acceptors (Lipinski definition) is 3. The molecule has 0 N–H and O–H groups in total. The van der Waals surface area contributed by atoms with Crippen molar-refractivity contribution < 1.29 is 18.6 Å². The number of ether oxygens (including phenoxy) is 3. The van der Waals surface area contributed by atoms with Crippen LogP contribution in [-0.2, 0) is 20.2 Å². The molecule has 0 aromatic heterocycles. The van der Waals surface area contributed by atoms with Gasteiger partial charge >= 0.3 is 5.97 Å². The van der Waals surface area contributed by atoms with Crippen LogP contribution in [0.1, 0.15) is 43.7 Å². The summed E-state index contributed by atoms with van der Waals surface area (Å²) in [6, 6.07) is 4.99. The number of benzene rings is 1. The molecule has 0 radical (unpaired) electrons. The molecule has 0 aliphatic carbocycles. The monoisotopic (exact) mass is 294 g/mol. The summed E-state index contributed by atoms with van der Waals surface area (Å²) in [7, 11) is 0. The lowest BCUT2D eigenvalue weighted by Crippen LogP contribution is -2.58. The smallest absolute Gasteiger partial charge is 0.312 e. The summed E-state index contributed by atoms with van der Waals surface area (Å²) in [5.41, 5.74) is 1.18. The van der Waals surface area contributed by atoms with Crippen molar-refractivity contribution in [1.29, 1.82) is 0 Å². The van der Waals surface area contributed by atoms with Gasteiger partial charge in [0.25, 0.3) is 0 Å². The first-order valence-electron chi connectivity index (χ1n) is 7.78. The van der Waals surface area contributed by atoms with Crippen LogP contribution in [-0.4, -0.2) is 19.8 Å². The quantitative estimate of drug-likeness (QED) is 0.771. The molecular formula is C17H23FO3. The lowest BCUT2D eigenvalue weighted by atomic mass is 9.83. The van der Waals surface area contributed by atoms with E-state index in [4.69, 9.17) is 14.2 Å². The lowest BCUT2D eigenvalue weighted by molar-refractivity contribution is -0.480. The Balaban J connectivity index is 1.72. The summed E-state index contributed by atoms with van der Waals surface area (Å²) < 4.78 is 31.4. The van der Waals surface area contributed by atoms with E-state index >= 15 is 0 Å². The topological polar surface area (TPSA) is 27.7 Å². The van der Waals surface area contributed by atoms with E-state index in [0.717, 1.165) is 6.42 Å². The average Bonchev–Trinajstić information content (AvgIpc) is 2.52. The second-order valence-electron chi connectivity index (χ2n) is 6.34. The number of hydrogen-bond donors (Lipinski definition) is 0. The van der Waals surface area contributed by atoms with Crippen LogP contribution >= 0.6 is 0 Å². The van der Waals surface area contributed by atoms with E-state index in [-0.39, 0.29) is 11.2 Å². The van der Waals surface area contributed by atoms with Crippen LogP contribution in [0.25, 0.3) is 0 Å². The van der Waals surface area contributed by atoms with Crippen LogP contribution in [0, 0.1) is 18.2 Å². The first-order chi connectivity index (χ1) is 10.1. The molecule has 3 heterocycles. The summed E-state index contributed by atoms with van der Waals surface area (Å²) in [4.78, 5) is 0. The van der Waals surface area contributed by atoms with Crippen LogP contribution < -0.4 is 0 Å². The predicted octanol–water partition coefficient (Wildman–Crippen LogP) is 3.89. The van der Waals surface area contributed by atoms with Crippen molar-refractivity contribution in [3.05, 3.63) is 35.1 Å².